The first-order valence-corrected chi connectivity index (χ1v) is 5.34. The molecule has 0 bridgehead atoms. The van der Waals surface area contributed by atoms with E-state index in [1.807, 2.05) is 0 Å². The van der Waals surface area contributed by atoms with Crippen LogP contribution in [0.2, 0.25) is 0 Å². The summed E-state index contributed by atoms with van der Waals surface area (Å²) >= 11 is 0. The third kappa shape index (κ3) is 3.65. The van der Waals surface area contributed by atoms with Gasteiger partial charge in [-0.15, -0.1) is 0 Å². The molecule has 1 aliphatic carbocycles. The molecule has 0 heterocycles. The highest BCUT2D eigenvalue weighted by molar-refractivity contribution is 4.82. The number of nitrogens with one attached hydrogen (secondary N) is 1. The Morgan fingerprint density at radius 2 is 2.07 bits per heavy atom. The largest absolute Gasteiger partial charge is 0.414 e. The smallest absolute Gasteiger partial charge is 0.383 e. The van der Waals surface area contributed by atoms with Crippen LogP contribution in [-0.4, -0.2) is 31.0 Å². The standard InChI is InChI=1S/C10H18F3NO/c1-14-6-7-3-2-4-8(5-7)9(15)10(11,12)13/h7-9,14-15H,2-6H2,1H3. The summed E-state index contributed by atoms with van der Waals surface area (Å²) in [5, 5.41) is 12.1. The molecule has 3 atom stereocenters. The van der Waals surface area contributed by atoms with E-state index < -0.39 is 18.2 Å². The van der Waals surface area contributed by atoms with Crippen LogP contribution in [0.3, 0.4) is 0 Å². The fourth-order valence-electron chi connectivity index (χ4n) is 2.36. The molecule has 5 heteroatoms. The van der Waals surface area contributed by atoms with Crippen molar-refractivity contribution >= 4 is 0 Å². The Balaban J connectivity index is 2.48. The van der Waals surface area contributed by atoms with Gasteiger partial charge < -0.3 is 10.4 Å². The fourth-order valence-corrected chi connectivity index (χ4v) is 2.36. The topological polar surface area (TPSA) is 32.3 Å². The molecule has 0 aromatic heterocycles. The van der Waals surface area contributed by atoms with Crippen LogP contribution in [0.1, 0.15) is 25.7 Å². The second kappa shape index (κ2) is 5.16. The second-order valence-corrected chi connectivity index (χ2v) is 4.34. The number of alkyl halides is 3. The highest BCUT2D eigenvalue weighted by Crippen LogP contribution is 2.36. The Kier molecular flexibility index (Phi) is 4.40. The zero-order valence-electron chi connectivity index (χ0n) is 8.85. The Hall–Kier alpha value is -0.290. The number of rotatable bonds is 3. The molecule has 2 nitrogen and oxygen atoms in total. The van der Waals surface area contributed by atoms with E-state index in [1.165, 1.54) is 0 Å². The van der Waals surface area contributed by atoms with Crippen LogP contribution < -0.4 is 5.32 Å². The van der Waals surface area contributed by atoms with Gasteiger partial charge in [-0.25, -0.2) is 0 Å². The lowest BCUT2D eigenvalue weighted by Crippen LogP contribution is -2.39. The van der Waals surface area contributed by atoms with Crippen molar-refractivity contribution in [3.05, 3.63) is 0 Å². The quantitative estimate of drug-likeness (QED) is 0.769. The van der Waals surface area contributed by atoms with Gasteiger partial charge in [0.15, 0.2) is 6.10 Å². The Morgan fingerprint density at radius 1 is 1.40 bits per heavy atom. The first kappa shape index (κ1) is 12.8. The lowest BCUT2D eigenvalue weighted by atomic mass is 9.78. The Labute approximate surface area is 87.9 Å². The third-order valence-corrected chi connectivity index (χ3v) is 3.10. The Morgan fingerprint density at radius 3 is 2.60 bits per heavy atom. The van der Waals surface area contributed by atoms with Crippen molar-refractivity contribution in [1.29, 1.82) is 0 Å². The molecule has 3 unspecified atom stereocenters. The zero-order valence-corrected chi connectivity index (χ0v) is 8.85. The first-order valence-electron chi connectivity index (χ1n) is 5.34. The van der Waals surface area contributed by atoms with E-state index >= 15 is 0 Å². The van der Waals surface area contributed by atoms with Gasteiger partial charge >= 0.3 is 6.18 Å². The molecule has 15 heavy (non-hydrogen) atoms. The van der Waals surface area contributed by atoms with Gasteiger partial charge in [0, 0.05) is 0 Å². The van der Waals surface area contributed by atoms with E-state index in [2.05, 4.69) is 5.32 Å². The molecule has 0 amide bonds. The molecular weight excluding hydrogens is 207 g/mol. The first-order chi connectivity index (χ1) is 6.95. The van der Waals surface area contributed by atoms with E-state index in [0.29, 0.717) is 12.8 Å². The van der Waals surface area contributed by atoms with Gasteiger partial charge in [0.05, 0.1) is 0 Å². The predicted molar refractivity (Wildman–Crippen MR) is 51.4 cm³/mol. The van der Waals surface area contributed by atoms with Crippen LogP contribution in [0.4, 0.5) is 13.2 Å². The molecule has 0 aromatic rings. The zero-order chi connectivity index (χ0) is 11.5. The van der Waals surface area contributed by atoms with Gasteiger partial charge in [0.1, 0.15) is 0 Å². The van der Waals surface area contributed by atoms with Gasteiger partial charge in [0.25, 0.3) is 0 Å². The summed E-state index contributed by atoms with van der Waals surface area (Å²) in [6, 6.07) is 0. The van der Waals surface area contributed by atoms with Crippen molar-refractivity contribution in [2.24, 2.45) is 11.8 Å². The van der Waals surface area contributed by atoms with Crippen LogP contribution in [0.15, 0.2) is 0 Å². The lowest BCUT2D eigenvalue weighted by molar-refractivity contribution is -0.223. The average Bonchev–Trinajstić information content (AvgIpc) is 2.16. The predicted octanol–water partition coefficient (Wildman–Crippen LogP) is 1.94. The maximum absolute atomic E-state index is 12.3. The van der Waals surface area contributed by atoms with E-state index in [4.69, 9.17) is 5.11 Å². The molecule has 0 saturated heterocycles. The molecule has 1 fully saturated rings. The molecule has 2 N–H and O–H groups in total. The molecule has 1 saturated carbocycles. The van der Waals surface area contributed by atoms with Gasteiger partial charge in [0.2, 0.25) is 0 Å². The van der Waals surface area contributed by atoms with Crippen molar-refractivity contribution in [3.63, 3.8) is 0 Å². The van der Waals surface area contributed by atoms with E-state index in [1.54, 1.807) is 7.05 Å². The molecule has 0 aromatic carbocycles. The van der Waals surface area contributed by atoms with Gasteiger partial charge in [-0.3, -0.25) is 0 Å². The van der Waals surface area contributed by atoms with Gasteiger partial charge in [-0.05, 0) is 44.7 Å². The minimum atomic E-state index is -4.47. The van der Waals surface area contributed by atoms with Gasteiger partial charge in [-0.1, -0.05) is 6.42 Å². The minimum Gasteiger partial charge on any atom is -0.383 e. The molecule has 0 radical (unpaired) electrons. The number of hydrogen-bond donors (Lipinski definition) is 2. The molecule has 1 rings (SSSR count). The SMILES string of the molecule is CNCC1CCCC(C(O)C(F)(F)F)C1. The van der Waals surface area contributed by atoms with E-state index in [0.717, 1.165) is 19.4 Å². The summed E-state index contributed by atoms with van der Waals surface area (Å²) in [6.07, 6.45) is -3.90. The summed E-state index contributed by atoms with van der Waals surface area (Å²) in [6.45, 7) is 0.737. The van der Waals surface area contributed by atoms with Gasteiger partial charge in [-0.2, -0.15) is 13.2 Å². The second-order valence-electron chi connectivity index (χ2n) is 4.34. The monoisotopic (exact) mass is 225 g/mol. The van der Waals surface area contributed by atoms with Crippen molar-refractivity contribution in [2.75, 3.05) is 13.6 Å². The van der Waals surface area contributed by atoms with E-state index in [9.17, 15) is 13.2 Å². The molecule has 0 aliphatic heterocycles. The van der Waals surface area contributed by atoms with Crippen LogP contribution in [0.5, 0.6) is 0 Å². The normalized spacial score (nSPS) is 30.2. The van der Waals surface area contributed by atoms with Crippen molar-refractivity contribution < 1.29 is 18.3 Å². The van der Waals surface area contributed by atoms with Crippen LogP contribution in [0.25, 0.3) is 0 Å². The third-order valence-electron chi connectivity index (χ3n) is 3.10. The minimum absolute atomic E-state index is 0.269. The molecular formula is C10H18F3NO. The number of aliphatic hydroxyl groups excluding tert-OH is 1. The van der Waals surface area contributed by atoms with Crippen LogP contribution in [-0.2, 0) is 0 Å². The summed E-state index contributed by atoms with van der Waals surface area (Å²) < 4.78 is 36.8. The van der Waals surface area contributed by atoms with E-state index in [-0.39, 0.29) is 5.92 Å². The summed E-state index contributed by atoms with van der Waals surface area (Å²) in [7, 11) is 1.80. The number of halogens is 3. The Bertz CT molecular complexity index is 194. The number of aliphatic hydroxyl groups is 1. The summed E-state index contributed by atoms with van der Waals surface area (Å²) in [5.41, 5.74) is 0. The molecule has 90 valence electrons. The molecule has 0 spiro atoms. The summed E-state index contributed by atoms with van der Waals surface area (Å²) in [5.74, 6) is -0.345. The van der Waals surface area contributed by atoms with Crippen molar-refractivity contribution in [2.45, 2.75) is 38.0 Å². The fraction of sp³-hybridized carbons (Fsp3) is 1.00. The maximum Gasteiger partial charge on any atom is 0.414 e. The van der Waals surface area contributed by atoms with Crippen molar-refractivity contribution in [1.82, 2.24) is 5.32 Å². The lowest BCUT2D eigenvalue weighted by Gasteiger charge is -2.32. The maximum atomic E-state index is 12.3. The van der Waals surface area contributed by atoms with Crippen LogP contribution >= 0.6 is 0 Å². The highest BCUT2D eigenvalue weighted by atomic mass is 19.4. The molecule has 1 aliphatic rings. The van der Waals surface area contributed by atoms with Crippen LogP contribution in [0, 0.1) is 11.8 Å². The van der Waals surface area contributed by atoms with Crippen molar-refractivity contribution in [3.8, 4) is 0 Å². The highest BCUT2D eigenvalue weighted by Gasteiger charge is 2.44. The summed E-state index contributed by atoms with van der Waals surface area (Å²) in [4.78, 5) is 0. The average molecular weight is 225 g/mol. The number of hydrogen-bond acceptors (Lipinski definition) is 2.